The molecule has 0 aliphatic rings. The van der Waals surface area contributed by atoms with E-state index in [1.807, 2.05) is 0 Å². The summed E-state index contributed by atoms with van der Waals surface area (Å²) in [5.74, 6) is -0.122. The Morgan fingerprint density at radius 2 is 2.20 bits per heavy atom. The van der Waals surface area contributed by atoms with Crippen LogP contribution in [0.1, 0.15) is 12.5 Å². The van der Waals surface area contributed by atoms with Crippen molar-refractivity contribution in [3.05, 3.63) is 23.8 Å². The number of carbonyl (C=O) groups is 1. The third-order valence-corrected chi connectivity index (χ3v) is 2.17. The Bertz CT molecular complexity index is 366. The molecule has 0 aromatic heterocycles. The van der Waals surface area contributed by atoms with Gasteiger partial charge < -0.3 is 4.74 Å². The van der Waals surface area contributed by atoms with Crippen LogP contribution in [-0.2, 0) is 11.2 Å². The van der Waals surface area contributed by atoms with Crippen LogP contribution in [0.15, 0.2) is 23.1 Å². The average Bonchev–Trinajstić information content (AvgIpc) is 2.09. The number of benzene rings is 1. The monoisotopic (exact) mass is 232 g/mol. The fourth-order valence-electron chi connectivity index (χ4n) is 1.19. The second kappa shape index (κ2) is 5.11. The van der Waals surface area contributed by atoms with Gasteiger partial charge in [-0.05, 0) is 19.1 Å². The van der Waals surface area contributed by atoms with Crippen molar-refractivity contribution < 1.29 is 18.3 Å². The van der Waals surface area contributed by atoms with Crippen molar-refractivity contribution >= 4 is 18.4 Å². The molecule has 0 saturated heterocycles. The lowest BCUT2D eigenvalue weighted by Crippen LogP contribution is -2.07. The smallest absolute Gasteiger partial charge is 0.387 e. The van der Waals surface area contributed by atoms with Crippen LogP contribution in [-0.4, -0.2) is 12.4 Å². The first-order valence-corrected chi connectivity index (χ1v) is 4.70. The molecule has 0 bridgehead atoms. The summed E-state index contributed by atoms with van der Waals surface area (Å²) in [6.07, 6.45) is 0.0434. The van der Waals surface area contributed by atoms with Crippen molar-refractivity contribution in [1.29, 1.82) is 0 Å². The van der Waals surface area contributed by atoms with Crippen LogP contribution < -0.4 is 4.74 Å². The lowest BCUT2D eigenvalue weighted by Gasteiger charge is -2.11. The lowest BCUT2D eigenvalue weighted by molar-refractivity contribution is -0.116. The topological polar surface area (TPSA) is 26.3 Å². The molecular formula is C10H10F2O2S. The normalized spacial score (nSPS) is 10.5. The van der Waals surface area contributed by atoms with E-state index in [1.165, 1.54) is 13.0 Å². The van der Waals surface area contributed by atoms with Gasteiger partial charge in [0, 0.05) is 16.9 Å². The van der Waals surface area contributed by atoms with Gasteiger partial charge in [-0.15, -0.1) is 12.6 Å². The first kappa shape index (κ1) is 12.0. The predicted molar refractivity (Wildman–Crippen MR) is 54.7 cm³/mol. The van der Waals surface area contributed by atoms with Crippen LogP contribution in [0, 0.1) is 0 Å². The van der Waals surface area contributed by atoms with Crippen molar-refractivity contribution in [1.82, 2.24) is 0 Å². The summed E-state index contributed by atoms with van der Waals surface area (Å²) >= 11 is 4.09. The van der Waals surface area contributed by atoms with Crippen LogP contribution in [0.25, 0.3) is 0 Å². The number of rotatable bonds is 4. The van der Waals surface area contributed by atoms with Crippen molar-refractivity contribution in [2.75, 3.05) is 0 Å². The summed E-state index contributed by atoms with van der Waals surface area (Å²) < 4.78 is 28.4. The first-order valence-electron chi connectivity index (χ1n) is 4.26. The zero-order chi connectivity index (χ0) is 11.4. The number of alkyl halides is 2. The van der Waals surface area contributed by atoms with Gasteiger partial charge in [0.05, 0.1) is 0 Å². The molecule has 0 saturated carbocycles. The van der Waals surface area contributed by atoms with Gasteiger partial charge >= 0.3 is 6.61 Å². The Hall–Kier alpha value is -1.10. The molecule has 1 aromatic rings. The van der Waals surface area contributed by atoms with Gasteiger partial charge in [0.25, 0.3) is 0 Å². The minimum absolute atomic E-state index is 0.00713. The molecule has 1 rings (SSSR count). The number of ketones is 1. The average molecular weight is 232 g/mol. The van der Waals surface area contributed by atoms with E-state index in [9.17, 15) is 13.6 Å². The van der Waals surface area contributed by atoms with E-state index in [2.05, 4.69) is 17.4 Å². The maximum atomic E-state index is 12.0. The quantitative estimate of drug-likeness (QED) is 0.808. The molecule has 0 aliphatic heterocycles. The number of Topliss-reactive ketones (excluding diaryl/α,β-unsaturated/α-hetero) is 1. The maximum absolute atomic E-state index is 12.0. The SMILES string of the molecule is CC(=O)Cc1c(S)cccc1OC(F)F. The van der Waals surface area contributed by atoms with Gasteiger partial charge in [0.15, 0.2) is 0 Å². The van der Waals surface area contributed by atoms with Crippen LogP contribution >= 0.6 is 12.6 Å². The highest BCUT2D eigenvalue weighted by molar-refractivity contribution is 7.80. The summed E-state index contributed by atoms with van der Waals surface area (Å²) in [6, 6.07) is 4.56. The van der Waals surface area contributed by atoms with E-state index in [0.717, 1.165) is 0 Å². The molecule has 0 atom stereocenters. The minimum atomic E-state index is -2.90. The Kier molecular flexibility index (Phi) is 4.08. The zero-order valence-electron chi connectivity index (χ0n) is 8.04. The second-order valence-electron chi connectivity index (χ2n) is 3.01. The zero-order valence-corrected chi connectivity index (χ0v) is 8.93. The third kappa shape index (κ3) is 3.51. The van der Waals surface area contributed by atoms with E-state index in [4.69, 9.17) is 0 Å². The molecule has 2 nitrogen and oxygen atoms in total. The number of hydrogen-bond acceptors (Lipinski definition) is 3. The summed E-state index contributed by atoms with van der Waals surface area (Å²) in [4.78, 5) is 11.4. The van der Waals surface area contributed by atoms with Gasteiger partial charge in [0.2, 0.25) is 0 Å². The van der Waals surface area contributed by atoms with Crippen molar-refractivity contribution in [2.24, 2.45) is 0 Å². The van der Waals surface area contributed by atoms with Crippen molar-refractivity contribution in [2.45, 2.75) is 24.9 Å². The first-order chi connectivity index (χ1) is 7.00. The van der Waals surface area contributed by atoms with E-state index in [1.54, 1.807) is 12.1 Å². The molecule has 82 valence electrons. The predicted octanol–water partition coefficient (Wildman–Crippen LogP) is 2.71. The lowest BCUT2D eigenvalue weighted by atomic mass is 10.1. The summed E-state index contributed by atoms with van der Waals surface area (Å²) in [5, 5.41) is 0. The van der Waals surface area contributed by atoms with Crippen LogP contribution in [0.3, 0.4) is 0 Å². The molecule has 0 fully saturated rings. The van der Waals surface area contributed by atoms with Gasteiger partial charge in [0.1, 0.15) is 11.5 Å². The molecule has 0 radical (unpaired) electrons. The Labute approximate surface area is 91.7 Å². The highest BCUT2D eigenvalue weighted by Gasteiger charge is 2.13. The fourth-order valence-corrected chi connectivity index (χ4v) is 1.46. The molecule has 0 N–H and O–H groups in total. The van der Waals surface area contributed by atoms with Gasteiger partial charge in [-0.2, -0.15) is 8.78 Å². The van der Waals surface area contributed by atoms with E-state index >= 15 is 0 Å². The second-order valence-corrected chi connectivity index (χ2v) is 3.49. The number of ether oxygens (including phenoxy) is 1. The number of halogens is 2. The van der Waals surface area contributed by atoms with Crippen LogP contribution in [0.4, 0.5) is 8.78 Å². The summed E-state index contributed by atoms with van der Waals surface area (Å²) in [6.45, 7) is -1.52. The molecule has 15 heavy (non-hydrogen) atoms. The largest absolute Gasteiger partial charge is 0.434 e. The third-order valence-electron chi connectivity index (χ3n) is 1.75. The highest BCUT2D eigenvalue weighted by atomic mass is 32.1. The van der Waals surface area contributed by atoms with Gasteiger partial charge in [-0.25, -0.2) is 0 Å². The minimum Gasteiger partial charge on any atom is -0.434 e. The van der Waals surface area contributed by atoms with Gasteiger partial charge in [-0.3, -0.25) is 4.79 Å². The molecular weight excluding hydrogens is 222 g/mol. The van der Waals surface area contributed by atoms with Gasteiger partial charge in [-0.1, -0.05) is 6.07 Å². The molecule has 0 heterocycles. The van der Waals surface area contributed by atoms with E-state index < -0.39 is 6.61 Å². The number of thiol groups is 1. The Morgan fingerprint density at radius 3 is 2.73 bits per heavy atom. The molecule has 5 heteroatoms. The fraction of sp³-hybridized carbons (Fsp3) is 0.300. The highest BCUT2D eigenvalue weighted by Crippen LogP contribution is 2.27. The molecule has 0 unspecified atom stereocenters. The molecule has 0 amide bonds. The molecule has 0 aliphatic carbocycles. The Balaban J connectivity index is 3.02. The number of carbonyl (C=O) groups excluding carboxylic acids is 1. The van der Waals surface area contributed by atoms with E-state index in [0.29, 0.717) is 10.5 Å². The molecule has 1 aromatic carbocycles. The summed E-state index contributed by atoms with van der Waals surface area (Å²) in [5.41, 5.74) is 0.397. The summed E-state index contributed by atoms with van der Waals surface area (Å²) in [7, 11) is 0. The van der Waals surface area contributed by atoms with Crippen LogP contribution in [0.5, 0.6) is 5.75 Å². The number of hydrogen-bond donors (Lipinski definition) is 1. The maximum Gasteiger partial charge on any atom is 0.387 e. The molecule has 0 spiro atoms. The van der Waals surface area contributed by atoms with Crippen molar-refractivity contribution in [3.63, 3.8) is 0 Å². The standard InChI is InChI=1S/C10H10F2O2S/c1-6(13)5-7-8(14-10(11)12)3-2-4-9(7)15/h2-4,10,15H,5H2,1H3. The Morgan fingerprint density at radius 1 is 1.53 bits per heavy atom. The van der Waals surface area contributed by atoms with E-state index in [-0.39, 0.29) is 18.0 Å². The van der Waals surface area contributed by atoms with Crippen molar-refractivity contribution in [3.8, 4) is 5.75 Å². The van der Waals surface area contributed by atoms with Crippen LogP contribution in [0.2, 0.25) is 0 Å².